The van der Waals surface area contributed by atoms with Gasteiger partial charge in [-0.25, -0.2) is 29.7 Å². The van der Waals surface area contributed by atoms with Crippen molar-refractivity contribution < 1.29 is 87.8 Å². The number of carbonyl (C=O) groups is 12. The Morgan fingerprint density at radius 1 is 0.763 bits per heavy atom. The molecule has 0 aromatic carbocycles. The number of thioether (sulfide) groups is 1. The van der Waals surface area contributed by atoms with E-state index >= 15 is 14.4 Å². The molecule has 0 unspecified atom stereocenters. The first-order valence-corrected chi connectivity index (χ1v) is 40.1. The molecule has 18 N–H and O–H groups in total. The molecular weight excluding hydrogens is 1580 g/mol. The molecule has 5 aliphatic rings. The molecule has 11 amide bonds. The first-order valence-electron chi connectivity index (χ1n) is 35.6. The van der Waals surface area contributed by atoms with Crippen molar-refractivity contribution in [3.63, 3.8) is 0 Å². The van der Waals surface area contributed by atoms with Crippen LogP contribution in [-0.2, 0) is 48.6 Å². The molecule has 5 aromatic rings. The second-order valence-electron chi connectivity index (χ2n) is 27.8. The maximum absolute atomic E-state index is 15.4. The second-order valence-corrected chi connectivity index (χ2v) is 32.3. The normalized spacial score (nSPS) is 26.9. The minimum atomic E-state index is -2.21. The molecule has 606 valence electrons. The maximum atomic E-state index is 15.4. The number of pyridine rings is 1. The summed E-state index contributed by atoms with van der Waals surface area (Å²) in [7, 11) is 0. The fourth-order valence-corrected chi connectivity index (χ4v) is 17.2. The number of nitrogens with two attached hydrogens (primary N) is 1. The molecule has 13 bridgehead atoms. The molecule has 0 saturated carbocycles. The van der Waals surface area contributed by atoms with Crippen molar-refractivity contribution >= 4 is 145 Å². The number of nitrogens with one attached hydrogen (secondary N) is 11. The highest BCUT2D eigenvalue weighted by Crippen LogP contribution is 2.48. The van der Waals surface area contributed by atoms with Gasteiger partial charge in [0.1, 0.15) is 113 Å². The van der Waals surface area contributed by atoms with E-state index < -0.39 is 196 Å². The van der Waals surface area contributed by atoms with Crippen LogP contribution in [-0.4, -0.2) is 198 Å². The van der Waals surface area contributed by atoms with Crippen LogP contribution in [0.25, 0.3) is 6.08 Å². The molecule has 114 heavy (non-hydrogen) atoms. The summed E-state index contributed by atoms with van der Waals surface area (Å²) in [6.45, 7) is 24.9. The summed E-state index contributed by atoms with van der Waals surface area (Å²) in [5.74, 6) is -12.2. The van der Waals surface area contributed by atoms with Crippen LogP contribution in [0.15, 0.2) is 92.2 Å². The van der Waals surface area contributed by atoms with Crippen LogP contribution in [0, 0.1) is 5.92 Å². The van der Waals surface area contributed by atoms with Crippen LogP contribution in [0.5, 0.6) is 0 Å². The smallest absolute Gasteiger partial charge is 0.357 e. The number of allylic oxidation sites excluding steroid dienone is 1. The van der Waals surface area contributed by atoms with Crippen LogP contribution < -0.4 is 64.2 Å². The number of thiazole rings is 4. The standard InChI is InChI=1S/C72H85N19O18S5/c1-14-26(3)47-63(105)78-30(7)57(99)75-28(5)56(98)76-31(8)58(100)91-72-19-18-40(66-85-43(22-111-66)59(101)77-29(6)55(97)74-27(4)54(73)96)81-52(72)42-21-112-67(83-42)49(34(11)109-69(107)41-20-37(32(9)92)36-16-17-39(79-47)51(95)50(36)80-41)89-60(102)44-24-113-68(86-44)53(71(13,108)35(12)94)90-62(104)45-23-110-65(84-45)38(15-2)82-64(106)48(33(10)93)88-61(103)46-25-114-70(72)87-46/h15-17,20-22,24-26,30-35,39,45,47-49,51-53,79,92-95,108H,4-6,14,18-19,23H2,1-3,7-13H3,(H2,73,96)(H,74,97)(H,75,99)(H,76,98)(H,77,101)(H,78,105)(H,82,106)(H,88,103)(H,89,102)(H,90,104)(H,91,100)/b38-15+/t26-,30+,31+,32+,33-,34+,35-,39-,45-,47+,48-,49-,51+,52-,53-,71+,72+/m0/s1. The van der Waals surface area contributed by atoms with Gasteiger partial charge in [-0.2, -0.15) is 0 Å². The Hall–Kier alpha value is -10.5. The van der Waals surface area contributed by atoms with Gasteiger partial charge in [-0.15, -0.1) is 57.1 Å². The molecule has 42 heteroatoms. The summed E-state index contributed by atoms with van der Waals surface area (Å²) < 4.78 is 6.26. The number of aromatic nitrogens is 5. The number of rotatable bonds is 12. The minimum absolute atomic E-state index is 0.0158. The molecule has 1 aliphatic carbocycles. The van der Waals surface area contributed by atoms with Crippen molar-refractivity contribution in [2.24, 2.45) is 21.6 Å². The third-order valence-corrected chi connectivity index (χ3v) is 24.3. The summed E-state index contributed by atoms with van der Waals surface area (Å²) in [5, 5.41) is 92.2. The van der Waals surface area contributed by atoms with E-state index in [1.54, 1.807) is 26.8 Å². The van der Waals surface area contributed by atoms with E-state index in [0.717, 1.165) is 57.1 Å². The second kappa shape index (κ2) is 35.5. The molecule has 0 saturated heterocycles. The Balaban J connectivity index is 1.18. The number of hydrogen-bond donors (Lipinski definition) is 17. The molecular formula is C72H85N19O18S5. The van der Waals surface area contributed by atoms with Gasteiger partial charge in [-0.1, -0.05) is 58.2 Å². The fourth-order valence-electron chi connectivity index (χ4n) is 12.3. The molecule has 5 aromatic heterocycles. The van der Waals surface area contributed by atoms with E-state index in [2.05, 4.69) is 98.2 Å². The molecule has 17 atom stereocenters. The van der Waals surface area contributed by atoms with Crippen LogP contribution in [0.1, 0.15) is 203 Å². The number of hydrogen-bond acceptors (Lipinski definition) is 31. The number of cyclic esters (lactones) is 1. The van der Waals surface area contributed by atoms with Crippen molar-refractivity contribution in [2.75, 3.05) is 5.75 Å². The first-order chi connectivity index (χ1) is 53.7. The van der Waals surface area contributed by atoms with Gasteiger partial charge in [-0.05, 0) is 85.8 Å². The van der Waals surface area contributed by atoms with Crippen LogP contribution >= 0.6 is 57.1 Å². The minimum Gasteiger partial charge on any atom is -0.455 e. The summed E-state index contributed by atoms with van der Waals surface area (Å²) in [4.78, 5) is 204. The summed E-state index contributed by atoms with van der Waals surface area (Å²) in [5.41, 5.74) is -1.79. The van der Waals surface area contributed by atoms with Gasteiger partial charge in [0, 0.05) is 32.8 Å². The van der Waals surface area contributed by atoms with Gasteiger partial charge in [0.25, 0.3) is 35.4 Å². The number of esters is 1. The summed E-state index contributed by atoms with van der Waals surface area (Å²) in [6, 6.07) is -11.6. The molecule has 37 nitrogen and oxygen atoms in total. The lowest BCUT2D eigenvalue weighted by atomic mass is 9.80. The monoisotopic (exact) mass is 1660 g/mol. The van der Waals surface area contributed by atoms with E-state index in [4.69, 9.17) is 25.4 Å². The largest absolute Gasteiger partial charge is 0.455 e. The van der Waals surface area contributed by atoms with Crippen molar-refractivity contribution in [3.8, 4) is 0 Å². The predicted molar refractivity (Wildman–Crippen MR) is 418 cm³/mol. The van der Waals surface area contributed by atoms with E-state index in [0.29, 0.717) is 6.42 Å². The quantitative estimate of drug-likeness (QED) is 0.0606. The predicted octanol–water partition coefficient (Wildman–Crippen LogP) is 0.774. The number of aliphatic hydroxyl groups excluding tert-OH is 4. The van der Waals surface area contributed by atoms with Gasteiger partial charge in [0.2, 0.25) is 29.5 Å². The molecule has 10 rings (SSSR count). The zero-order valence-electron chi connectivity index (χ0n) is 63.0. The Morgan fingerprint density at radius 3 is 2.12 bits per heavy atom. The van der Waals surface area contributed by atoms with Gasteiger partial charge in [0.15, 0.2) is 0 Å². The van der Waals surface area contributed by atoms with Crippen molar-refractivity contribution in [1.82, 2.24) is 83.4 Å². The van der Waals surface area contributed by atoms with Gasteiger partial charge in [-0.3, -0.25) is 68.0 Å². The van der Waals surface area contributed by atoms with Crippen LogP contribution in [0.3, 0.4) is 0 Å². The van der Waals surface area contributed by atoms with E-state index in [1.807, 2.05) is 0 Å². The molecule has 0 fully saturated rings. The molecule has 4 aliphatic heterocycles. The highest BCUT2D eigenvalue weighted by Gasteiger charge is 2.51. The Kier molecular flexibility index (Phi) is 26.7. The molecule has 9 heterocycles. The average Bonchev–Trinajstić information content (AvgIpc) is 1.50. The number of carbonyl (C=O) groups excluding carboxylic acids is 12. The first kappa shape index (κ1) is 85.9. The maximum Gasteiger partial charge on any atom is 0.357 e. The number of nitrogens with zero attached hydrogens (tertiary/aromatic N) is 7. The van der Waals surface area contributed by atoms with Gasteiger partial charge < -0.3 is 89.2 Å². The highest BCUT2D eigenvalue weighted by atomic mass is 32.2. The van der Waals surface area contributed by atoms with Crippen LogP contribution in [0.2, 0.25) is 0 Å². The van der Waals surface area contributed by atoms with Gasteiger partial charge in [0.05, 0.1) is 70.3 Å². The highest BCUT2D eigenvalue weighted by molar-refractivity contribution is 8.14. The zero-order chi connectivity index (χ0) is 83.4. The number of aliphatic imine (C=N–C) groups is 2. The number of aliphatic hydroxyl groups is 5. The third kappa shape index (κ3) is 18.6. The lowest BCUT2D eigenvalue weighted by Crippen LogP contribution is -2.57. The fraction of sp³-hybridized carbons (Fsp3) is 0.431. The lowest BCUT2D eigenvalue weighted by molar-refractivity contribution is -0.131. The Morgan fingerprint density at radius 2 is 1.45 bits per heavy atom. The Bertz CT molecular complexity index is 4880. The summed E-state index contributed by atoms with van der Waals surface area (Å²) >= 11 is 4.42. The van der Waals surface area contributed by atoms with E-state index in [-0.39, 0.29) is 94.7 Å². The molecule has 0 spiro atoms. The number of primary amides is 1. The zero-order valence-corrected chi connectivity index (χ0v) is 67.1. The summed E-state index contributed by atoms with van der Waals surface area (Å²) in [6.07, 6.45) is -3.18. The molecule has 0 radical (unpaired) electrons. The SMILES string of the molecule is C=C(NC(=O)C(=C)NC(=O)c1csc(C2=N[C@H]3c4csc(n4)[C@H]4NC(=O)c5csc(n5)[C@@H]([C@](C)(O)[C@H](C)O)NC(=O)[C@@H]5CSC(=N5)/C(=C\C)NC(=O)[C@H]([C@H](C)O)NC(=O)c5csc(n5)[C@]3(CC2)NC(=O)[C@@H](C)NC(=O)C(=C)NC(=O)[C@@H](C)NC(=O)[C@@H]([C@@H](C)CC)N[C@H]2C=Cc3c([C@@H](C)O)cc(nc3[C@@H]2O)C(=O)O[C@@H]4C)n1)C(N)=O. The number of fused-ring (bicyclic) bond motifs is 7. The Labute approximate surface area is 671 Å². The van der Waals surface area contributed by atoms with Crippen molar-refractivity contribution in [3.05, 3.63) is 148 Å². The number of amides is 11. The third-order valence-electron chi connectivity index (χ3n) is 19.5. The van der Waals surface area contributed by atoms with Crippen molar-refractivity contribution in [2.45, 2.75) is 185 Å². The van der Waals surface area contributed by atoms with Gasteiger partial charge >= 0.3 is 5.97 Å². The average molecular weight is 1660 g/mol. The lowest BCUT2D eigenvalue weighted by Gasteiger charge is -2.41. The van der Waals surface area contributed by atoms with Crippen LogP contribution in [0.4, 0.5) is 0 Å². The van der Waals surface area contributed by atoms with Crippen molar-refractivity contribution in [1.29, 1.82) is 0 Å². The van der Waals surface area contributed by atoms with E-state index in [1.165, 1.54) is 88.2 Å². The topological polar surface area (TPSA) is 563 Å². The number of ether oxygens (including phenoxy) is 1. The van der Waals surface area contributed by atoms with E-state index in [9.17, 15) is 68.7 Å².